The van der Waals surface area contributed by atoms with E-state index in [0.29, 0.717) is 12.5 Å². The van der Waals surface area contributed by atoms with E-state index in [-0.39, 0.29) is 5.91 Å². The number of aromatic amines is 1. The average molecular weight is 392 g/mol. The fourth-order valence-corrected chi connectivity index (χ4v) is 2.78. The molecule has 0 unspecified atom stereocenters. The third kappa shape index (κ3) is 10.3. The summed E-state index contributed by atoms with van der Waals surface area (Å²) >= 11 is 0. The molecule has 1 atom stereocenters. The molecule has 2 heterocycles. The Labute approximate surface area is 171 Å². The van der Waals surface area contributed by atoms with Gasteiger partial charge >= 0.3 is 0 Å². The third-order valence-corrected chi connectivity index (χ3v) is 3.78. The maximum Gasteiger partial charge on any atom is 0.224 e. The van der Waals surface area contributed by atoms with Crippen LogP contribution in [0.2, 0.25) is 0 Å². The Morgan fingerprint density at radius 1 is 1.18 bits per heavy atom. The van der Waals surface area contributed by atoms with Gasteiger partial charge in [0.1, 0.15) is 6.29 Å². The highest BCUT2D eigenvalue weighted by atomic mass is 16.1. The number of hydrogen-bond donors (Lipinski definition) is 2. The van der Waals surface area contributed by atoms with Gasteiger partial charge in [0.25, 0.3) is 0 Å². The van der Waals surface area contributed by atoms with Crippen LogP contribution in [0.5, 0.6) is 0 Å². The van der Waals surface area contributed by atoms with Crippen molar-refractivity contribution in [2.45, 2.75) is 67.3 Å². The minimum Gasteiger partial charge on any atom is -0.361 e. The number of aromatic nitrogens is 1. The first-order chi connectivity index (χ1) is 13.6. The van der Waals surface area contributed by atoms with Crippen molar-refractivity contribution in [3.63, 3.8) is 0 Å². The number of carbonyl (C=O) groups excluding carboxylic acids is 2. The van der Waals surface area contributed by atoms with Crippen molar-refractivity contribution >= 4 is 23.1 Å². The van der Waals surface area contributed by atoms with E-state index < -0.39 is 0 Å². The number of likely N-dealkylation sites (N-methyl/N-ethyl adjacent to an activating group) is 1. The van der Waals surface area contributed by atoms with Gasteiger partial charge in [0, 0.05) is 29.7 Å². The molecule has 1 amide bonds. The number of rotatable bonds is 3. The van der Waals surface area contributed by atoms with Gasteiger partial charge in [-0.1, -0.05) is 59.7 Å². The molecule has 28 heavy (non-hydrogen) atoms. The van der Waals surface area contributed by atoms with Gasteiger partial charge in [-0.05, 0) is 38.6 Å². The molecule has 0 spiro atoms. The van der Waals surface area contributed by atoms with Crippen LogP contribution in [0.1, 0.15) is 60.5 Å². The zero-order chi connectivity index (χ0) is 21.9. The molecule has 1 aliphatic heterocycles. The number of benzene rings is 1. The van der Waals surface area contributed by atoms with Crippen LogP contribution in [0, 0.1) is 0 Å². The summed E-state index contributed by atoms with van der Waals surface area (Å²) in [5.74, 6) is 0.116. The zero-order valence-corrected chi connectivity index (χ0v) is 19.1. The standard InChI is InChI=1S/C15H19N3O.C2H4O.3C2H6/c1-18-7-6-12(10-18)17-15(19)8-11-9-16-14-5-3-2-4-13(11)14;1-2-3;3*1-2/h2-5,9,12,16H,6-8,10H2,1H3,(H,17,19);2H,1H3;3*1-2H3/t12-;;;;/m1..../s1. The molecule has 0 bridgehead atoms. The Hall–Kier alpha value is -2.14. The number of aldehydes is 1. The molecule has 1 aliphatic rings. The summed E-state index contributed by atoms with van der Waals surface area (Å²) in [5.41, 5.74) is 2.16. The highest BCUT2D eigenvalue weighted by Crippen LogP contribution is 2.18. The molecule has 3 rings (SSSR count). The second-order valence-electron chi connectivity index (χ2n) is 5.59. The van der Waals surface area contributed by atoms with Gasteiger partial charge in [-0.2, -0.15) is 0 Å². The van der Waals surface area contributed by atoms with Crippen molar-refractivity contribution in [1.82, 2.24) is 15.2 Å². The number of carbonyl (C=O) groups is 2. The molecule has 0 aliphatic carbocycles. The lowest BCUT2D eigenvalue weighted by Gasteiger charge is -2.12. The summed E-state index contributed by atoms with van der Waals surface area (Å²) < 4.78 is 0. The van der Waals surface area contributed by atoms with Crippen molar-refractivity contribution in [2.24, 2.45) is 0 Å². The molecular weight excluding hydrogens is 350 g/mol. The van der Waals surface area contributed by atoms with Gasteiger partial charge in [-0.25, -0.2) is 0 Å². The first-order valence-corrected chi connectivity index (χ1v) is 10.6. The van der Waals surface area contributed by atoms with Gasteiger partial charge in [-0.3, -0.25) is 4.79 Å². The summed E-state index contributed by atoms with van der Waals surface area (Å²) in [6.45, 7) is 15.5. The number of fused-ring (bicyclic) bond motifs is 1. The minimum absolute atomic E-state index is 0.116. The summed E-state index contributed by atoms with van der Waals surface area (Å²) in [5, 5.41) is 4.26. The van der Waals surface area contributed by atoms with E-state index in [1.54, 1.807) is 0 Å². The van der Waals surface area contributed by atoms with Crippen LogP contribution in [0.3, 0.4) is 0 Å². The molecule has 1 saturated heterocycles. The molecule has 160 valence electrons. The first-order valence-electron chi connectivity index (χ1n) is 10.6. The number of amides is 1. The summed E-state index contributed by atoms with van der Waals surface area (Å²) in [6.07, 6.45) is 4.19. The van der Waals surface area contributed by atoms with Crippen LogP contribution >= 0.6 is 0 Å². The Kier molecular flexibility index (Phi) is 18.3. The molecule has 5 nitrogen and oxygen atoms in total. The smallest absolute Gasteiger partial charge is 0.224 e. The number of H-pyrrole nitrogens is 1. The normalized spacial score (nSPS) is 14.6. The van der Waals surface area contributed by atoms with E-state index in [4.69, 9.17) is 4.79 Å². The molecule has 2 aromatic rings. The van der Waals surface area contributed by atoms with Crippen LogP contribution in [0.4, 0.5) is 0 Å². The van der Waals surface area contributed by atoms with Crippen LogP contribution < -0.4 is 5.32 Å². The SMILES string of the molecule is CC.CC.CC.CC=O.CN1CC[C@@H](NC(=O)Cc2c[nH]c3ccccc23)C1. The Bertz CT molecular complexity index is 638. The second kappa shape index (κ2) is 18.2. The fraction of sp³-hybridized carbons (Fsp3) is 0.565. The monoisotopic (exact) mass is 391 g/mol. The number of hydrogen-bond acceptors (Lipinski definition) is 3. The van der Waals surface area contributed by atoms with Gasteiger partial charge in [-0.15, -0.1) is 0 Å². The van der Waals surface area contributed by atoms with E-state index in [0.717, 1.165) is 42.3 Å². The van der Waals surface area contributed by atoms with Crippen molar-refractivity contribution < 1.29 is 9.59 Å². The summed E-state index contributed by atoms with van der Waals surface area (Å²) in [4.78, 5) is 26.3. The molecule has 0 radical (unpaired) electrons. The van der Waals surface area contributed by atoms with E-state index in [9.17, 15) is 4.79 Å². The third-order valence-electron chi connectivity index (χ3n) is 3.78. The van der Waals surface area contributed by atoms with Crippen LogP contribution in [-0.4, -0.2) is 48.3 Å². The van der Waals surface area contributed by atoms with Crippen molar-refractivity contribution in [3.8, 4) is 0 Å². The molecule has 1 aromatic heterocycles. The Morgan fingerprint density at radius 2 is 1.75 bits per heavy atom. The quantitative estimate of drug-likeness (QED) is 0.738. The summed E-state index contributed by atoms with van der Waals surface area (Å²) in [7, 11) is 2.09. The Morgan fingerprint density at radius 3 is 2.29 bits per heavy atom. The topological polar surface area (TPSA) is 65.2 Å². The van der Waals surface area contributed by atoms with Crippen LogP contribution in [-0.2, 0) is 16.0 Å². The number of para-hydroxylation sites is 1. The van der Waals surface area contributed by atoms with E-state index >= 15 is 0 Å². The number of nitrogens with one attached hydrogen (secondary N) is 2. The lowest BCUT2D eigenvalue weighted by Crippen LogP contribution is -2.37. The molecule has 1 fully saturated rings. The minimum atomic E-state index is 0.116. The average Bonchev–Trinajstić information content (AvgIpc) is 3.33. The predicted octanol–water partition coefficient (Wildman–Crippen LogP) is 4.81. The first kappa shape index (κ1) is 28.1. The maximum absolute atomic E-state index is 12.1. The zero-order valence-electron chi connectivity index (χ0n) is 19.1. The van der Waals surface area contributed by atoms with Crippen molar-refractivity contribution in [2.75, 3.05) is 20.1 Å². The van der Waals surface area contributed by atoms with Crippen LogP contribution in [0.25, 0.3) is 10.9 Å². The number of likely N-dealkylation sites (tertiary alicyclic amines) is 1. The largest absolute Gasteiger partial charge is 0.361 e. The summed E-state index contributed by atoms with van der Waals surface area (Å²) in [6, 6.07) is 8.39. The van der Waals surface area contributed by atoms with Gasteiger partial charge < -0.3 is 20.0 Å². The molecule has 5 heteroatoms. The molecule has 0 saturated carbocycles. The number of nitrogens with zero attached hydrogens (tertiary/aromatic N) is 1. The lowest BCUT2D eigenvalue weighted by molar-refractivity contribution is -0.121. The predicted molar refractivity (Wildman–Crippen MR) is 122 cm³/mol. The van der Waals surface area contributed by atoms with Gasteiger partial charge in [0.2, 0.25) is 5.91 Å². The van der Waals surface area contributed by atoms with Gasteiger partial charge in [0.15, 0.2) is 0 Å². The van der Waals surface area contributed by atoms with E-state index in [1.807, 2.05) is 65.9 Å². The highest BCUT2D eigenvalue weighted by Gasteiger charge is 2.21. The molecule has 1 aromatic carbocycles. The van der Waals surface area contributed by atoms with Crippen LogP contribution in [0.15, 0.2) is 30.5 Å². The second-order valence-corrected chi connectivity index (χ2v) is 5.59. The molecule has 2 N–H and O–H groups in total. The highest BCUT2D eigenvalue weighted by molar-refractivity contribution is 5.88. The van der Waals surface area contributed by atoms with Crippen molar-refractivity contribution in [3.05, 3.63) is 36.0 Å². The fourth-order valence-electron chi connectivity index (χ4n) is 2.78. The molecular formula is C23H41N3O2. The van der Waals surface area contributed by atoms with E-state index in [2.05, 4.69) is 28.3 Å². The van der Waals surface area contributed by atoms with Crippen molar-refractivity contribution in [1.29, 1.82) is 0 Å². The maximum atomic E-state index is 12.1. The van der Waals surface area contributed by atoms with E-state index in [1.165, 1.54) is 6.92 Å². The lowest BCUT2D eigenvalue weighted by atomic mass is 10.1. The Balaban J connectivity index is 0. The van der Waals surface area contributed by atoms with Gasteiger partial charge in [0.05, 0.1) is 6.42 Å².